The summed E-state index contributed by atoms with van der Waals surface area (Å²) < 4.78 is 45.8. The smallest absolute Gasteiger partial charge is 0.482 e. The van der Waals surface area contributed by atoms with Crippen LogP contribution in [-0.2, 0) is 6.61 Å². The third-order valence-electron chi connectivity index (χ3n) is 1.87. The Balaban J connectivity index is 2.07. The number of ether oxygens (including phenoxy) is 2. The first-order valence-electron chi connectivity index (χ1n) is 4.89. The molecule has 0 bridgehead atoms. The maximum absolute atomic E-state index is 12.2. The van der Waals surface area contributed by atoms with Gasteiger partial charge in [-0.2, -0.15) is 0 Å². The molecule has 2 rings (SSSR count). The van der Waals surface area contributed by atoms with Gasteiger partial charge in [-0.25, -0.2) is 0 Å². The Hall–Kier alpha value is -1.54. The summed E-state index contributed by atoms with van der Waals surface area (Å²) >= 11 is 6.66. The van der Waals surface area contributed by atoms with Gasteiger partial charge >= 0.3 is 6.36 Å². The summed E-state index contributed by atoms with van der Waals surface area (Å²) in [5, 5.41) is 7.69. The molecule has 0 N–H and O–H groups in total. The number of rotatable bonds is 4. The molecule has 0 saturated heterocycles. The Kier molecular flexibility index (Phi) is 4.11. The van der Waals surface area contributed by atoms with Crippen molar-refractivity contribution in [3.63, 3.8) is 0 Å². The van der Waals surface area contributed by atoms with E-state index in [0.29, 0.717) is 5.01 Å². The van der Waals surface area contributed by atoms with E-state index in [1.165, 1.54) is 18.2 Å². The Bertz CT molecular complexity index is 562. The van der Waals surface area contributed by atoms with Crippen molar-refractivity contribution in [2.24, 2.45) is 0 Å². The highest BCUT2D eigenvalue weighted by atomic mass is 35.5. The fourth-order valence-corrected chi connectivity index (χ4v) is 1.99. The van der Waals surface area contributed by atoms with E-state index in [2.05, 4.69) is 14.9 Å². The molecule has 0 aliphatic rings. The van der Waals surface area contributed by atoms with Crippen molar-refractivity contribution in [2.45, 2.75) is 13.0 Å². The molecule has 1 aromatic carbocycles. The second-order valence-corrected chi connectivity index (χ2v) is 4.88. The van der Waals surface area contributed by atoms with Crippen molar-refractivity contribution < 1.29 is 22.6 Å². The van der Waals surface area contributed by atoms with E-state index >= 15 is 0 Å². The minimum atomic E-state index is -4.77. The predicted molar refractivity (Wildman–Crippen MR) is 62.4 cm³/mol. The topological polar surface area (TPSA) is 44.2 Å². The maximum Gasteiger partial charge on any atom is 0.573 e. The highest BCUT2D eigenvalue weighted by Crippen LogP contribution is 2.32. The van der Waals surface area contributed by atoms with E-state index in [1.54, 1.807) is 0 Å². The number of hydrogen-bond donors (Lipinski definition) is 0. The highest BCUT2D eigenvalue weighted by Gasteiger charge is 2.32. The van der Waals surface area contributed by atoms with E-state index in [9.17, 15) is 13.2 Å². The molecule has 0 fully saturated rings. The molecule has 4 nitrogen and oxygen atoms in total. The van der Waals surface area contributed by atoms with Gasteiger partial charge in [0.2, 0.25) is 4.47 Å². The molecule has 0 atom stereocenters. The van der Waals surface area contributed by atoms with Crippen LogP contribution in [0, 0.1) is 0 Å². The van der Waals surface area contributed by atoms with Crippen LogP contribution < -0.4 is 9.47 Å². The fourth-order valence-electron chi connectivity index (χ4n) is 1.21. The number of alkyl halides is 3. The van der Waals surface area contributed by atoms with Gasteiger partial charge in [0, 0.05) is 0 Å². The minimum Gasteiger partial charge on any atom is -0.482 e. The van der Waals surface area contributed by atoms with Crippen LogP contribution in [-0.4, -0.2) is 16.6 Å². The van der Waals surface area contributed by atoms with E-state index in [-0.39, 0.29) is 16.8 Å². The molecule has 0 unspecified atom stereocenters. The van der Waals surface area contributed by atoms with Crippen LogP contribution in [0.15, 0.2) is 24.3 Å². The number of hydrogen-bond acceptors (Lipinski definition) is 5. The van der Waals surface area contributed by atoms with Crippen LogP contribution in [0.3, 0.4) is 0 Å². The zero-order valence-electron chi connectivity index (χ0n) is 9.15. The van der Waals surface area contributed by atoms with E-state index in [4.69, 9.17) is 16.3 Å². The van der Waals surface area contributed by atoms with Gasteiger partial charge in [0.15, 0.2) is 16.5 Å². The van der Waals surface area contributed by atoms with Crippen LogP contribution in [0.2, 0.25) is 4.47 Å². The number of para-hydroxylation sites is 2. The van der Waals surface area contributed by atoms with Crippen molar-refractivity contribution in [3.05, 3.63) is 33.7 Å². The summed E-state index contributed by atoms with van der Waals surface area (Å²) in [5.74, 6) is -0.447. The average Bonchev–Trinajstić information content (AvgIpc) is 2.72. The van der Waals surface area contributed by atoms with Gasteiger partial charge in [0.05, 0.1) is 0 Å². The molecular formula is C10H6ClF3N2O2S. The van der Waals surface area contributed by atoms with E-state index < -0.39 is 12.1 Å². The van der Waals surface area contributed by atoms with Crippen molar-refractivity contribution in [1.29, 1.82) is 0 Å². The average molecular weight is 311 g/mol. The van der Waals surface area contributed by atoms with Crippen LogP contribution >= 0.6 is 22.9 Å². The molecule has 0 saturated carbocycles. The third-order valence-corrected chi connectivity index (χ3v) is 2.86. The van der Waals surface area contributed by atoms with Gasteiger partial charge in [-0.1, -0.05) is 23.5 Å². The first kappa shape index (κ1) is 13.9. The zero-order chi connectivity index (χ0) is 13.9. The van der Waals surface area contributed by atoms with Gasteiger partial charge in [-0.05, 0) is 23.7 Å². The molecule has 0 amide bonds. The Morgan fingerprint density at radius 2 is 1.84 bits per heavy atom. The van der Waals surface area contributed by atoms with Gasteiger partial charge in [-0.3, -0.25) is 0 Å². The van der Waals surface area contributed by atoms with Gasteiger partial charge < -0.3 is 9.47 Å². The molecule has 19 heavy (non-hydrogen) atoms. The monoisotopic (exact) mass is 310 g/mol. The van der Waals surface area contributed by atoms with Crippen LogP contribution in [0.4, 0.5) is 13.2 Å². The lowest BCUT2D eigenvalue weighted by molar-refractivity contribution is -0.275. The fraction of sp³-hybridized carbons (Fsp3) is 0.200. The molecule has 2 aromatic rings. The zero-order valence-corrected chi connectivity index (χ0v) is 10.7. The van der Waals surface area contributed by atoms with Gasteiger partial charge in [0.1, 0.15) is 6.61 Å². The van der Waals surface area contributed by atoms with Gasteiger partial charge in [0.25, 0.3) is 0 Å². The maximum atomic E-state index is 12.2. The second-order valence-electron chi connectivity index (χ2n) is 3.23. The number of aromatic nitrogens is 2. The summed E-state index contributed by atoms with van der Waals surface area (Å²) in [7, 11) is 0. The van der Waals surface area contributed by atoms with Gasteiger partial charge in [-0.15, -0.1) is 23.4 Å². The largest absolute Gasteiger partial charge is 0.573 e. The predicted octanol–water partition coefficient (Wildman–Crippen LogP) is 3.67. The lowest BCUT2D eigenvalue weighted by Gasteiger charge is -2.13. The summed E-state index contributed by atoms with van der Waals surface area (Å²) in [4.78, 5) is 0. The SMILES string of the molecule is FC(F)(F)Oc1ccccc1OCc1nnc(Cl)s1. The van der Waals surface area contributed by atoms with Crippen molar-refractivity contribution in [3.8, 4) is 11.5 Å². The molecule has 0 aliphatic carbocycles. The second kappa shape index (κ2) is 5.62. The minimum absolute atomic E-state index is 0.0360. The lowest BCUT2D eigenvalue weighted by atomic mass is 10.3. The van der Waals surface area contributed by atoms with Crippen molar-refractivity contribution >= 4 is 22.9 Å². The lowest BCUT2D eigenvalue weighted by Crippen LogP contribution is -2.17. The van der Waals surface area contributed by atoms with Crippen molar-refractivity contribution in [2.75, 3.05) is 0 Å². The third kappa shape index (κ3) is 4.25. The number of nitrogens with zero attached hydrogens (tertiary/aromatic N) is 2. The van der Waals surface area contributed by atoms with Crippen LogP contribution in [0.5, 0.6) is 11.5 Å². The molecule has 1 heterocycles. The first-order chi connectivity index (χ1) is 8.94. The summed E-state index contributed by atoms with van der Waals surface area (Å²) in [6.07, 6.45) is -4.77. The Morgan fingerprint density at radius 3 is 2.42 bits per heavy atom. The molecule has 0 radical (unpaired) electrons. The summed E-state index contributed by atoms with van der Waals surface area (Å²) in [5.41, 5.74) is 0. The van der Waals surface area contributed by atoms with Crippen LogP contribution in [0.1, 0.15) is 5.01 Å². The standard InChI is InChI=1S/C10H6ClF3N2O2S/c11-9-16-15-8(19-9)5-17-6-3-1-2-4-7(6)18-10(12,13)14/h1-4H,5H2. The molecule has 102 valence electrons. The Labute approximate surface area is 114 Å². The normalized spacial score (nSPS) is 11.4. The first-order valence-corrected chi connectivity index (χ1v) is 6.09. The quantitative estimate of drug-likeness (QED) is 0.864. The Morgan fingerprint density at radius 1 is 1.16 bits per heavy atom. The highest BCUT2D eigenvalue weighted by molar-refractivity contribution is 7.15. The number of halogens is 4. The summed E-state index contributed by atoms with van der Waals surface area (Å²) in [6.45, 7) is -0.0391. The molecule has 0 aliphatic heterocycles. The molecular weight excluding hydrogens is 305 g/mol. The summed E-state index contributed by atoms with van der Waals surface area (Å²) in [6, 6.07) is 5.47. The van der Waals surface area contributed by atoms with Crippen LogP contribution in [0.25, 0.3) is 0 Å². The van der Waals surface area contributed by atoms with E-state index in [0.717, 1.165) is 17.4 Å². The molecule has 0 spiro atoms. The molecule has 1 aromatic heterocycles. The molecule has 9 heteroatoms. The van der Waals surface area contributed by atoms with Crippen molar-refractivity contribution in [1.82, 2.24) is 10.2 Å². The van der Waals surface area contributed by atoms with E-state index in [1.807, 2.05) is 0 Å². The number of benzene rings is 1.